The van der Waals surface area contributed by atoms with Gasteiger partial charge in [0.25, 0.3) is 0 Å². The molecule has 2 aliphatic rings. The zero-order valence-corrected chi connectivity index (χ0v) is 11.9. The third kappa shape index (κ3) is 2.42. The molecule has 5 heteroatoms. The second kappa shape index (κ2) is 5.48. The van der Waals surface area contributed by atoms with Gasteiger partial charge < -0.3 is 10.0 Å². The van der Waals surface area contributed by atoms with E-state index in [-0.39, 0.29) is 11.2 Å². The van der Waals surface area contributed by atoms with Crippen molar-refractivity contribution in [2.24, 2.45) is 0 Å². The van der Waals surface area contributed by atoms with E-state index in [1.165, 1.54) is 0 Å². The van der Waals surface area contributed by atoms with E-state index < -0.39 is 12.0 Å². The average Bonchev–Trinajstić information content (AvgIpc) is 2.99. The number of carbonyl (C=O) groups is 2. The highest BCUT2D eigenvalue weighted by molar-refractivity contribution is 8.00. The molecule has 0 spiro atoms. The van der Waals surface area contributed by atoms with Crippen LogP contribution in [0.3, 0.4) is 0 Å². The lowest BCUT2D eigenvalue weighted by molar-refractivity contribution is -0.151. The number of hydrogen-bond acceptors (Lipinski definition) is 3. The van der Waals surface area contributed by atoms with E-state index >= 15 is 0 Å². The molecule has 4 nitrogen and oxygen atoms in total. The molecule has 1 aromatic carbocycles. The van der Waals surface area contributed by atoms with E-state index in [0.29, 0.717) is 13.0 Å². The van der Waals surface area contributed by atoms with Crippen LogP contribution in [0.25, 0.3) is 0 Å². The largest absolute Gasteiger partial charge is 0.480 e. The molecule has 0 aliphatic carbocycles. The number of carboxylic acids is 1. The van der Waals surface area contributed by atoms with Crippen LogP contribution < -0.4 is 0 Å². The number of aliphatic carboxylic acids is 1. The average molecular weight is 291 g/mol. The Labute approximate surface area is 122 Å². The first-order valence-electron chi connectivity index (χ1n) is 6.88. The zero-order chi connectivity index (χ0) is 14.1. The van der Waals surface area contributed by atoms with Gasteiger partial charge in [0.15, 0.2) is 0 Å². The highest BCUT2D eigenvalue weighted by Gasteiger charge is 2.38. The molecule has 0 saturated carbocycles. The number of carboxylic acid groups (broad SMARTS) is 1. The lowest BCUT2D eigenvalue weighted by Crippen LogP contribution is -2.51. The maximum absolute atomic E-state index is 12.6. The molecule has 20 heavy (non-hydrogen) atoms. The van der Waals surface area contributed by atoms with Crippen molar-refractivity contribution in [3.05, 3.63) is 35.4 Å². The maximum atomic E-state index is 12.6. The first kappa shape index (κ1) is 13.5. The molecule has 0 radical (unpaired) electrons. The Balaban J connectivity index is 1.88. The van der Waals surface area contributed by atoms with Crippen molar-refractivity contribution >= 4 is 23.6 Å². The summed E-state index contributed by atoms with van der Waals surface area (Å²) in [6, 6.07) is 7.07. The molecule has 1 N–H and O–H groups in total. The smallest absolute Gasteiger partial charge is 0.326 e. The van der Waals surface area contributed by atoms with E-state index in [4.69, 9.17) is 0 Å². The van der Waals surface area contributed by atoms with E-state index in [0.717, 1.165) is 29.7 Å². The van der Waals surface area contributed by atoms with Gasteiger partial charge in [-0.3, -0.25) is 4.79 Å². The third-order valence-corrected chi connectivity index (χ3v) is 5.39. The van der Waals surface area contributed by atoms with E-state index in [9.17, 15) is 14.7 Å². The van der Waals surface area contributed by atoms with Gasteiger partial charge in [0, 0.05) is 13.0 Å². The number of carbonyl (C=O) groups excluding carboxylic acids is 1. The van der Waals surface area contributed by atoms with Crippen molar-refractivity contribution in [3.8, 4) is 0 Å². The second-order valence-electron chi connectivity index (χ2n) is 5.29. The highest BCUT2D eigenvalue weighted by Crippen LogP contribution is 2.31. The molecule has 106 valence electrons. The Bertz CT molecular complexity index is 540. The van der Waals surface area contributed by atoms with Crippen LogP contribution in [-0.4, -0.2) is 38.9 Å². The van der Waals surface area contributed by atoms with Crippen molar-refractivity contribution in [2.45, 2.75) is 37.1 Å². The summed E-state index contributed by atoms with van der Waals surface area (Å²) in [4.78, 5) is 25.6. The first-order chi connectivity index (χ1) is 9.66. The van der Waals surface area contributed by atoms with Crippen molar-refractivity contribution in [3.63, 3.8) is 0 Å². The summed E-state index contributed by atoms with van der Waals surface area (Å²) in [6.45, 7) is 0.420. The van der Waals surface area contributed by atoms with Crippen LogP contribution in [-0.2, 0) is 22.6 Å². The molecule has 2 heterocycles. The monoisotopic (exact) mass is 291 g/mol. The molecular weight excluding hydrogens is 274 g/mol. The second-order valence-corrected chi connectivity index (χ2v) is 6.61. The SMILES string of the molecule is O=C(O)[C@@H]1Cc2ccccc2CN1C(=O)C1CCCS1. The number of hydrogen-bond donors (Lipinski definition) is 1. The number of amides is 1. The molecule has 1 saturated heterocycles. The quantitative estimate of drug-likeness (QED) is 0.904. The Morgan fingerprint density at radius 2 is 2.00 bits per heavy atom. The lowest BCUT2D eigenvalue weighted by atomic mass is 9.93. The molecule has 1 unspecified atom stereocenters. The Morgan fingerprint density at radius 1 is 1.25 bits per heavy atom. The lowest BCUT2D eigenvalue weighted by Gasteiger charge is -2.35. The molecule has 0 bridgehead atoms. The van der Waals surface area contributed by atoms with Gasteiger partial charge in [0.1, 0.15) is 6.04 Å². The molecule has 3 rings (SSSR count). The van der Waals surface area contributed by atoms with Crippen molar-refractivity contribution < 1.29 is 14.7 Å². The summed E-state index contributed by atoms with van der Waals surface area (Å²) >= 11 is 1.66. The minimum atomic E-state index is -0.907. The summed E-state index contributed by atoms with van der Waals surface area (Å²) in [5, 5.41) is 9.37. The summed E-state index contributed by atoms with van der Waals surface area (Å²) in [5.41, 5.74) is 2.12. The van der Waals surface area contributed by atoms with Crippen LogP contribution in [0.2, 0.25) is 0 Å². The van der Waals surface area contributed by atoms with Gasteiger partial charge in [-0.25, -0.2) is 4.79 Å². The third-order valence-electron chi connectivity index (χ3n) is 4.02. The normalized spacial score (nSPS) is 25.3. The maximum Gasteiger partial charge on any atom is 0.326 e. The number of rotatable bonds is 2. The molecule has 1 fully saturated rings. The van der Waals surface area contributed by atoms with E-state index in [2.05, 4.69) is 0 Å². The fourth-order valence-corrected chi connectivity index (χ4v) is 4.16. The molecule has 2 atom stereocenters. The topological polar surface area (TPSA) is 57.6 Å². The predicted molar refractivity (Wildman–Crippen MR) is 77.6 cm³/mol. The standard InChI is InChI=1S/C15H17NO3S/c17-14(13-6-3-7-20-13)16-9-11-5-2-1-4-10(11)8-12(16)15(18)19/h1-2,4-5,12-13H,3,6-9H2,(H,18,19)/t12-,13?/m0/s1. The Morgan fingerprint density at radius 3 is 2.65 bits per heavy atom. The highest BCUT2D eigenvalue weighted by atomic mass is 32.2. The summed E-state index contributed by atoms with van der Waals surface area (Å²) < 4.78 is 0. The van der Waals surface area contributed by atoms with Gasteiger partial charge in [-0.05, 0) is 29.7 Å². The zero-order valence-electron chi connectivity index (χ0n) is 11.1. The van der Waals surface area contributed by atoms with Crippen LogP contribution in [0.5, 0.6) is 0 Å². The van der Waals surface area contributed by atoms with Gasteiger partial charge >= 0.3 is 5.97 Å². The minimum Gasteiger partial charge on any atom is -0.480 e. The fraction of sp³-hybridized carbons (Fsp3) is 0.467. The fourth-order valence-electron chi connectivity index (χ4n) is 2.93. The Hall–Kier alpha value is -1.49. The summed E-state index contributed by atoms with van der Waals surface area (Å²) in [6.07, 6.45) is 2.33. The van der Waals surface area contributed by atoms with E-state index in [1.807, 2.05) is 24.3 Å². The van der Waals surface area contributed by atoms with Crippen LogP contribution in [0.15, 0.2) is 24.3 Å². The van der Waals surface area contributed by atoms with Crippen LogP contribution >= 0.6 is 11.8 Å². The van der Waals surface area contributed by atoms with Gasteiger partial charge in [-0.1, -0.05) is 24.3 Å². The molecule has 1 amide bonds. The summed E-state index contributed by atoms with van der Waals surface area (Å²) in [7, 11) is 0. The van der Waals surface area contributed by atoms with Crippen LogP contribution in [0, 0.1) is 0 Å². The minimum absolute atomic E-state index is 0.00518. The molecule has 0 aromatic heterocycles. The van der Waals surface area contributed by atoms with Gasteiger partial charge in [0.05, 0.1) is 5.25 Å². The van der Waals surface area contributed by atoms with Crippen LogP contribution in [0.1, 0.15) is 24.0 Å². The van der Waals surface area contributed by atoms with Gasteiger partial charge in [-0.2, -0.15) is 0 Å². The van der Waals surface area contributed by atoms with E-state index in [1.54, 1.807) is 16.7 Å². The first-order valence-corrected chi connectivity index (χ1v) is 7.93. The van der Waals surface area contributed by atoms with Crippen molar-refractivity contribution in [1.29, 1.82) is 0 Å². The van der Waals surface area contributed by atoms with Crippen molar-refractivity contribution in [2.75, 3.05) is 5.75 Å². The Kier molecular flexibility index (Phi) is 3.70. The number of benzene rings is 1. The molecule has 2 aliphatic heterocycles. The number of thioether (sulfide) groups is 1. The number of nitrogens with zero attached hydrogens (tertiary/aromatic N) is 1. The van der Waals surface area contributed by atoms with Crippen molar-refractivity contribution in [1.82, 2.24) is 4.90 Å². The molecular formula is C15H17NO3S. The number of fused-ring (bicyclic) bond motifs is 1. The van der Waals surface area contributed by atoms with Crippen LogP contribution in [0.4, 0.5) is 0 Å². The molecule has 1 aromatic rings. The van der Waals surface area contributed by atoms with Gasteiger partial charge in [0.2, 0.25) is 5.91 Å². The predicted octanol–water partition coefficient (Wildman–Crippen LogP) is 1.92. The summed E-state index contributed by atoms with van der Waals surface area (Å²) in [5.74, 6) is 0.0868. The van der Waals surface area contributed by atoms with Gasteiger partial charge in [-0.15, -0.1) is 11.8 Å².